The van der Waals surface area contributed by atoms with Crippen LogP contribution in [0.2, 0.25) is 0 Å². The average molecular weight is 275 g/mol. The molecule has 0 aromatic heterocycles. The maximum atomic E-state index is 11.9. The number of aromatic hydroxyl groups is 2. The van der Waals surface area contributed by atoms with E-state index >= 15 is 0 Å². The molecule has 0 spiro atoms. The number of Topliss-reactive ketones (excluding diaryl/α,β-unsaturated/α-hetero) is 1. The minimum absolute atomic E-state index is 0.0428. The Kier molecular flexibility index (Phi) is 6.00. The molecule has 0 fully saturated rings. The highest BCUT2D eigenvalue weighted by Crippen LogP contribution is 2.26. The van der Waals surface area contributed by atoms with Gasteiger partial charge < -0.3 is 10.2 Å². The van der Waals surface area contributed by atoms with E-state index in [2.05, 4.69) is 13.2 Å². The standard InChI is InChI=1S/C16H21NO3/c1-4-8-17(9-5-2)14(12(3)18)10-13-6-7-15(19)16(20)11-13/h4-7,11,14,19-20H,1-2,8-10H2,3H3. The zero-order chi connectivity index (χ0) is 15.1. The van der Waals surface area contributed by atoms with Crippen LogP contribution in [0.3, 0.4) is 0 Å². The van der Waals surface area contributed by atoms with Crippen LogP contribution in [0.5, 0.6) is 11.5 Å². The summed E-state index contributed by atoms with van der Waals surface area (Å²) in [4.78, 5) is 13.8. The molecule has 1 unspecified atom stereocenters. The molecule has 0 heterocycles. The Hall–Kier alpha value is -2.07. The van der Waals surface area contributed by atoms with Gasteiger partial charge in [0.1, 0.15) is 5.78 Å². The zero-order valence-corrected chi connectivity index (χ0v) is 11.7. The monoisotopic (exact) mass is 275 g/mol. The van der Waals surface area contributed by atoms with Crippen molar-refractivity contribution >= 4 is 5.78 Å². The molecular formula is C16H21NO3. The molecule has 0 bridgehead atoms. The molecule has 20 heavy (non-hydrogen) atoms. The number of hydrogen-bond donors (Lipinski definition) is 2. The van der Waals surface area contributed by atoms with Gasteiger partial charge in [0.05, 0.1) is 6.04 Å². The van der Waals surface area contributed by atoms with Crippen molar-refractivity contribution in [2.75, 3.05) is 13.1 Å². The first-order valence-corrected chi connectivity index (χ1v) is 6.46. The molecule has 1 rings (SSSR count). The van der Waals surface area contributed by atoms with E-state index in [0.29, 0.717) is 19.5 Å². The normalized spacial score (nSPS) is 12.1. The first kappa shape index (κ1) is 16.0. The number of rotatable bonds is 8. The molecule has 2 N–H and O–H groups in total. The lowest BCUT2D eigenvalue weighted by Gasteiger charge is -2.28. The molecule has 1 aromatic rings. The van der Waals surface area contributed by atoms with Gasteiger partial charge in [0.2, 0.25) is 0 Å². The van der Waals surface area contributed by atoms with Gasteiger partial charge in [-0.3, -0.25) is 9.69 Å². The lowest BCUT2D eigenvalue weighted by molar-refractivity contribution is -0.121. The molecule has 1 atom stereocenters. The van der Waals surface area contributed by atoms with E-state index in [4.69, 9.17) is 0 Å². The van der Waals surface area contributed by atoms with Crippen LogP contribution in [0, 0.1) is 0 Å². The fourth-order valence-electron chi connectivity index (χ4n) is 2.11. The average Bonchev–Trinajstić information content (AvgIpc) is 2.39. The van der Waals surface area contributed by atoms with Crippen LogP contribution in [0.15, 0.2) is 43.5 Å². The highest BCUT2D eigenvalue weighted by atomic mass is 16.3. The summed E-state index contributed by atoms with van der Waals surface area (Å²) >= 11 is 0. The van der Waals surface area contributed by atoms with Crippen molar-refractivity contribution in [3.63, 3.8) is 0 Å². The predicted molar refractivity (Wildman–Crippen MR) is 79.9 cm³/mol. The number of carbonyl (C=O) groups excluding carboxylic acids is 1. The van der Waals surface area contributed by atoms with Crippen molar-refractivity contribution in [3.8, 4) is 11.5 Å². The first-order valence-electron chi connectivity index (χ1n) is 6.46. The molecular weight excluding hydrogens is 254 g/mol. The number of ketones is 1. The van der Waals surface area contributed by atoms with Crippen LogP contribution >= 0.6 is 0 Å². The summed E-state index contributed by atoms with van der Waals surface area (Å²) in [5.74, 6) is -0.299. The third kappa shape index (κ3) is 4.24. The number of nitrogens with zero attached hydrogens (tertiary/aromatic N) is 1. The van der Waals surface area contributed by atoms with Crippen LogP contribution in [-0.2, 0) is 11.2 Å². The SMILES string of the molecule is C=CCN(CC=C)C(Cc1ccc(O)c(O)c1)C(C)=O. The van der Waals surface area contributed by atoms with Gasteiger partial charge in [-0.25, -0.2) is 0 Å². The predicted octanol–water partition coefficient (Wildman–Crippen LogP) is 2.27. The van der Waals surface area contributed by atoms with Crippen LogP contribution in [0.25, 0.3) is 0 Å². The molecule has 4 heteroatoms. The van der Waals surface area contributed by atoms with E-state index in [0.717, 1.165) is 5.56 Å². The van der Waals surface area contributed by atoms with Gasteiger partial charge >= 0.3 is 0 Å². The summed E-state index contributed by atoms with van der Waals surface area (Å²) in [6.07, 6.45) is 3.95. The van der Waals surface area contributed by atoms with E-state index in [1.54, 1.807) is 25.1 Å². The van der Waals surface area contributed by atoms with Crippen molar-refractivity contribution in [2.24, 2.45) is 0 Å². The molecule has 0 aliphatic rings. The second-order valence-corrected chi connectivity index (χ2v) is 4.68. The van der Waals surface area contributed by atoms with Crippen molar-refractivity contribution in [2.45, 2.75) is 19.4 Å². The van der Waals surface area contributed by atoms with E-state index in [1.807, 2.05) is 4.90 Å². The van der Waals surface area contributed by atoms with Crippen LogP contribution in [0.4, 0.5) is 0 Å². The molecule has 4 nitrogen and oxygen atoms in total. The molecule has 0 saturated carbocycles. The maximum Gasteiger partial charge on any atom is 0.157 e. The van der Waals surface area contributed by atoms with Gasteiger partial charge in [0.25, 0.3) is 0 Å². The number of benzene rings is 1. The van der Waals surface area contributed by atoms with Gasteiger partial charge in [-0.1, -0.05) is 18.2 Å². The van der Waals surface area contributed by atoms with Crippen LogP contribution in [-0.4, -0.2) is 40.0 Å². The molecule has 0 aliphatic carbocycles. The summed E-state index contributed by atoms with van der Waals surface area (Å²) in [7, 11) is 0. The topological polar surface area (TPSA) is 60.8 Å². The fraction of sp³-hybridized carbons (Fsp3) is 0.312. The molecule has 0 aliphatic heterocycles. The smallest absolute Gasteiger partial charge is 0.157 e. The third-order valence-corrected chi connectivity index (χ3v) is 3.11. The minimum atomic E-state index is -0.310. The minimum Gasteiger partial charge on any atom is -0.504 e. The number of phenolic OH excluding ortho intramolecular Hbond substituents is 2. The molecule has 1 aromatic carbocycles. The Morgan fingerprint density at radius 2 is 1.85 bits per heavy atom. The van der Waals surface area contributed by atoms with Gasteiger partial charge in [-0.2, -0.15) is 0 Å². The lowest BCUT2D eigenvalue weighted by Crippen LogP contribution is -2.42. The summed E-state index contributed by atoms with van der Waals surface area (Å²) in [6, 6.07) is 4.29. The van der Waals surface area contributed by atoms with Gasteiger partial charge in [-0.15, -0.1) is 13.2 Å². The van der Waals surface area contributed by atoms with Crippen LogP contribution < -0.4 is 0 Å². The van der Waals surface area contributed by atoms with Crippen molar-refractivity contribution < 1.29 is 15.0 Å². The van der Waals surface area contributed by atoms with Gasteiger partial charge in [0, 0.05) is 13.1 Å². The van der Waals surface area contributed by atoms with E-state index in [1.165, 1.54) is 12.1 Å². The highest BCUT2D eigenvalue weighted by molar-refractivity contribution is 5.81. The summed E-state index contributed by atoms with van der Waals surface area (Å²) in [5.41, 5.74) is 0.790. The summed E-state index contributed by atoms with van der Waals surface area (Å²) < 4.78 is 0. The van der Waals surface area contributed by atoms with E-state index < -0.39 is 0 Å². The Labute approximate surface area is 119 Å². The van der Waals surface area contributed by atoms with Gasteiger partial charge in [-0.05, 0) is 31.0 Å². The van der Waals surface area contributed by atoms with Crippen molar-refractivity contribution in [1.29, 1.82) is 0 Å². The number of carbonyl (C=O) groups is 1. The van der Waals surface area contributed by atoms with E-state index in [9.17, 15) is 15.0 Å². The Bertz CT molecular complexity index is 486. The molecule has 108 valence electrons. The quantitative estimate of drug-likeness (QED) is 0.564. The molecule has 0 saturated heterocycles. The lowest BCUT2D eigenvalue weighted by atomic mass is 10.0. The Morgan fingerprint density at radius 3 is 2.30 bits per heavy atom. The van der Waals surface area contributed by atoms with Crippen molar-refractivity contribution in [1.82, 2.24) is 4.90 Å². The molecule has 0 radical (unpaired) electrons. The van der Waals surface area contributed by atoms with Gasteiger partial charge in [0.15, 0.2) is 11.5 Å². The third-order valence-electron chi connectivity index (χ3n) is 3.11. The van der Waals surface area contributed by atoms with Crippen LogP contribution in [0.1, 0.15) is 12.5 Å². The second-order valence-electron chi connectivity index (χ2n) is 4.68. The summed E-state index contributed by atoms with van der Waals surface area (Å²) in [5, 5.41) is 18.8. The molecule has 0 amide bonds. The summed E-state index contributed by atoms with van der Waals surface area (Å²) in [6.45, 7) is 10.1. The highest BCUT2D eigenvalue weighted by Gasteiger charge is 2.21. The zero-order valence-electron chi connectivity index (χ0n) is 11.7. The Morgan fingerprint density at radius 1 is 1.25 bits per heavy atom. The second kappa shape index (κ2) is 7.50. The maximum absolute atomic E-state index is 11.9. The number of phenols is 2. The van der Waals surface area contributed by atoms with Crippen molar-refractivity contribution in [3.05, 3.63) is 49.1 Å². The number of hydrogen-bond acceptors (Lipinski definition) is 4. The van der Waals surface area contributed by atoms with E-state index in [-0.39, 0.29) is 23.3 Å². The Balaban J connectivity index is 2.95. The fourth-order valence-corrected chi connectivity index (χ4v) is 2.11. The first-order chi connectivity index (χ1) is 9.49. The largest absolute Gasteiger partial charge is 0.504 e.